The first-order valence-electron chi connectivity index (χ1n) is 7.98. The van der Waals surface area contributed by atoms with Gasteiger partial charge in [0.05, 0.1) is 0 Å². The average Bonchev–Trinajstić information content (AvgIpc) is 3.03. The van der Waals surface area contributed by atoms with Crippen LogP contribution >= 0.6 is 0 Å². The summed E-state index contributed by atoms with van der Waals surface area (Å²) in [7, 11) is 0. The Bertz CT molecular complexity index is 494. The van der Waals surface area contributed by atoms with Crippen molar-refractivity contribution in [3.63, 3.8) is 0 Å². The maximum Gasteiger partial charge on any atom is 0.133 e. The predicted molar refractivity (Wildman–Crippen MR) is 76.3 cm³/mol. The van der Waals surface area contributed by atoms with E-state index in [-0.39, 0.29) is 17.5 Å². The molecule has 1 aromatic carbocycles. The normalized spacial score (nSPS) is 29.0. The summed E-state index contributed by atoms with van der Waals surface area (Å²) in [5.74, 6) is -0.848. The third kappa shape index (κ3) is 2.83. The van der Waals surface area contributed by atoms with Crippen LogP contribution in [-0.2, 0) is 0 Å². The predicted octanol–water partition coefficient (Wildman–Crippen LogP) is 4.58. The van der Waals surface area contributed by atoms with Gasteiger partial charge in [-0.05, 0) is 50.0 Å². The van der Waals surface area contributed by atoms with Crippen LogP contribution in [0.3, 0.4) is 0 Å². The second kappa shape index (κ2) is 5.99. The van der Waals surface area contributed by atoms with Gasteiger partial charge in [0.1, 0.15) is 17.5 Å². The molecular weight excluding hydrogens is 275 g/mol. The Morgan fingerprint density at radius 3 is 2.38 bits per heavy atom. The summed E-state index contributed by atoms with van der Waals surface area (Å²) in [6, 6.07) is 1.26. The van der Waals surface area contributed by atoms with Gasteiger partial charge >= 0.3 is 0 Å². The van der Waals surface area contributed by atoms with E-state index in [1.807, 2.05) is 6.92 Å². The van der Waals surface area contributed by atoms with E-state index in [1.54, 1.807) is 0 Å². The van der Waals surface area contributed by atoms with E-state index < -0.39 is 17.5 Å². The molecule has 1 aromatic rings. The Kier molecular flexibility index (Phi) is 4.25. The Hall–Kier alpha value is -1.03. The SMILES string of the molecule is CCCNC(c1c(F)cc(F)cc1F)C1CC2CCC1C2. The van der Waals surface area contributed by atoms with E-state index in [2.05, 4.69) is 5.32 Å². The van der Waals surface area contributed by atoms with Crippen molar-refractivity contribution in [1.82, 2.24) is 5.32 Å². The fourth-order valence-electron chi connectivity index (χ4n) is 4.32. The van der Waals surface area contributed by atoms with Crippen LogP contribution in [0.1, 0.15) is 50.6 Å². The lowest BCUT2D eigenvalue weighted by Crippen LogP contribution is -2.33. The number of nitrogens with one attached hydrogen (secondary N) is 1. The van der Waals surface area contributed by atoms with Gasteiger partial charge in [0.25, 0.3) is 0 Å². The lowest BCUT2D eigenvalue weighted by molar-refractivity contribution is 0.241. The van der Waals surface area contributed by atoms with E-state index in [0.29, 0.717) is 11.8 Å². The zero-order valence-electron chi connectivity index (χ0n) is 12.3. The summed E-state index contributed by atoms with van der Waals surface area (Å²) in [6.07, 6.45) is 5.52. The number of hydrogen-bond acceptors (Lipinski definition) is 1. The minimum absolute atomic E-state index is 0.0300. The van der Waals surface area contributed by atoms with E-state index in [1.165, 1.54) is 12.8 Å². The van der Waals surface area contributed by atoms with Crippen molar-refractivity contribution in [3.8, 4) is 0 Å². The molecule has 1 nitrogen and oxygen atoms in total. The molecule has 0 radical (unpaired) electrons. The summed E-state index contributed by atoms with van der Waals surface area (Å²) in [6.45, 7) is 2.75. The van der Waals surface area contributed by atoms with E-state index in [9.17, 15) is 13.2 Å². The molecule has 0 aromatic heterocycles. The molecule has 4 heteroatoms. The molecule has 116 valence electrons. The Balaban J connectivity index is 1.92. The van der Waals surface area contributed by atoms with Crippen molar-refractivity contribution >= 4 is 0 Å². The fraction of sp³-hybridized carbons (Fsp3) is 0.647. The van der Waals surface area contributed by atoms with Crippen LogP contribution in [-0.4, -0.2) is 6.54 Å². The molecule has 2 aliphatic carbocycles. The molecule has 0 saturated heterocycles. The van der Waals surface area contributed by atoms with Crippen LogP contribution in [0.2, 0.25) is 0 Å². The number of halogens is 3. The van der Waals surface area contributed by atoms with Gasteiger partial charge in [-0.2, -0.15) is 0 Å². The zero-order chi connectivity index (χ0) is 15.0. The van der Waals surface area contributed by atoms with Crippen LogP contribution in [0, 0.1) is 35.2 Å². The van der Waals surface area contributed by atoms with Gasteiger partial charge in [-0.3, -0.25) is 0 Å². The highest BCUT2D eigenvalue weighted by Gasteiger charge is 2.44. The summed E-state index contributed by atoms with van der Waals surface area (Å²) >= 11 is 0. The molecule has 0 heterocycles. The molecule has 1 N–H and O–H groups in total. The van der Waals surface area contributed by atoms with E-state index in [4.69, 9.17) is 0 Å². The van der Waals surface area contributed by atoms with Gasteiger partial charge in [0.2, 0.25) is 0 Å². The van der Waals surface area contributed by atoms with Crippen LogP contribution in [0.25, 0.3) is 0 Å². The molecule has 2 bridgehead atoms. The van der Waals surface area contributed by atoms with Gasteiger partial charge in [-0.25, -0.2) is 13.2 Å². The van der Waals surface area contributed by atoms with Gasteiger partial charge in [0, 0.05) is 23.7 Å². The molecule has 4 unspecified atom stereocenters. The quantitative estimate of drug-likeness (QED) is 0.838. The lowest BCUT2D eigenvalue weighted by Gasteiger charge is -2.32. The third-order valence-electron chi connectivity index (χ3n) is 5.19. The third-order valence-corrected chi connectivity index (χ3v) is 5.19. The number of benzene rings is 1. The topological polar surface area (TPSA) is 12.0 Å². The monoisotopic (exact) mass is 297 g/mol. The molecule has 0 spiro atoms. The van der Waals surface area contributed by atoms with Crippen LogP contribution in [0.15, 0.2) is 12.1 Å². The van der Waals surface area contributed by atoms with E-state index >= 15 is 0 Å². The van der Waals surface area contributed by atoms with E-state index in [0.717, 1.165) is 37.9 Å². The maximum atomic E-state index is 14.2. The van der Waals surface area contributed by atoms with Gasteiger partial charge < -0.3 is 5.32 Å². The molecule has 2 aliphatic rings. The van der Waals surface area contributed by atoms with Crippen molar-refractivity contribution in [3.05, 3.63) is 35.1 Å². The first-order chi connectivity index (χ1) is 10.1. The molecular formula is C17H22F3N. The second-order valence-electron chi connectivity index (χ2n) is 6.55. The minimum Gasteiger partial charge on any atom is -0.310 e. The fourth-order valence-corrected chi connectivity index (χ4v) is 4.32. The van der Waals surface area contributed by atoms with Crippen molar-refractivity contribution in [2.75, 3.05) is 6.54 Å². The number of hydrogen-bond donors (Lipinski definition) is 1. The molecule has 2 saturated carbocycles. The van der Waals surface area contributed by atoms with Crippen LogP contribution in [0.4, 0.5) is 13.2 Å². The molecule has 0 aliphatic heterocycles. The van der Waals surface area contributed by atoms with Crippen LogP contribution < -0.4 is 5.32 Å². The zero-order valence-corrected chi connectivity index (χ0v) is 12.3. The second-order valence-corrected chi connectivity index (χ2v) is 6.55. The Morgan fingerprint density at radius 1 is 1.14 bits per heavy atom. The smallest absolute Gasteiger partial charge is 0.133 e. The maximum absolute atomic E-state index is 14.2. The highest BCUT2D eigenvalue weighted by atomic mass is 19.1. The highest BCUT2D eigenvalue weighted by molar-refractivity contribution is 5.26. The standard InChI is InChI=1S/C17H22F3N/c1-2-5-21-17(13-7-10-3-4-11(13)6-10)16-14(19)8-12(18)9-15(16)20/h8-11,13,17,21H,2-7H2,1H3. The van der Waals surface area contributed by atoms with Crippen molar-refractivity contribution in [1.29, 1.82) is 0 Å². The summed E-state index contributed by atoms with van der Waals surface area (Å²) in [4.78, 5) is 0. The molecule has 2 fully saturated rings. The number of fused-ring (bicyclic) bond motifs is 2. The molecule has 0 amide bonds. The molecule has 3 rings (SSSR count). The molecule has 4 atom stereocenters. The van der Waals surface area contributed by atoms with Gasteiger partial charge in [-0.15, -0.1) is 0 Å². The Morgan fingerprint density at radius 2 is 1.86 bits per heavy atom. The first-order valence-corrected chi connectivity index (χ1v) is 7.98. The van der Waals surface area contributed by atoms with Crippen molar-refractivity contribution in [2.45, 2.75) is 45.1 Å². The molecule has 21 heavy (non-hydrogen) atoms. The summed E-state index contributed by atoms with van der Waals surface area (Å²) in [5.41, 5.74) is 0.0300. The number of rotatable bonds is 5. The largest absolute Gasteiger partial charge is 0.310 e. The Labute approximate surface area is 123 Å². The van der Waals surface area contributed by atoms with Gasteiger partial charge in [-0.1, -0.05) is 13.3 Å². The van der Waals surface area contributed by atoms with Gasteiger partial charge in [0.15, 0.2) is 0 Å². The average molecular weight is 297 g/mol. The lowest BCUT2D eigenvalue weighted by atomic mass is 9.80. The first kappa shape index (κ1) is 14.9. The minimum atomic E-state index is -0.851. The summed E-state index contributed by atoms with van der Waals surface area (Å²) < 4.78 is 41.5. The summed E-state index contributed by atoms with van der Waals surface area (Å²) in [5, 5.41) is 3.31. The highest BCUT2D eigenvalue weighted by Crippen LogP contribution is 2.53. The van der Waals surface area contributed by atoms with Crippen LogP contribution in [0.5, 0.6) is 0 Å². The van der Waals surface area contributed by atoms with Crippen molar-refractivity contribution in [2.24, 2.45) is 17.8 Å². The van der Waals surface area contributed by atoms with Crippen molar-refractivity contribution < 1.29 is 13.2 Å².